The maximum atomic E-state index is 8.88. The maximum absolute atomic E-state index is 8.88. The summed E-state index contributed by atoms with van der Waals surface area (Å²) >= 11 is 0. The van der Waals surface area contributed by atoms with Crippen LogP contribution in [-0.4, -0.2) is 27.9 Å². The van der Waals surface area contributed by atoms with Gasteiger partial charge in [-0.15, -0.1) is 0 Å². The Morgan fingerprint density at radius 2 is 1.33 bits per heavy atom. The first kappa shape index (κ1) is 14.6. The van der Waals surface area contributed by atoms with Gasteiger partial charge in [0.1, 0.15) is 0 Å². The molecule has 0 fully saturated rings. The third-order valence-corrected chi connectivity index (χ3v) is 0.697. The molecule has 0 aromatic heterocycles. The number of hydrogen-bond donors (Lipinski definition) is 3. The molecule has 0 rings (SSSR count). The van der Waals surface area contributed by atoms with Crippen molar-refractivity contribution in [3.05, 3.63) is 0 Å². The lowest BCUT2D eigenvalue weighted by molar-refractivity contribution is 0.135. The van der Waals surface area contributed by atoms with Gasteiger partial charge in [0.25, 0.3) is 0 Å². The Balaban J connectivity index is 0. The van der Waals surface area contributed by atoms with E-state index in [1.807, 2.05) is 0 Å². The molecule has 0 radical (unpaired) electrons. The lowest BCUT2D eigenvalue weighted by atomic mass is 10.5. The molecule has 0 heterocycles. The zero-order valence-electron chi connectivity index (χ0n) is 7.43. The van der Waals surface area contributed by atoms with Crippen LogP contribution in [0.2, 0.25) is 0 Å². The van der Waals surface area contributed by atoms with Gasteiger partial charge in [-0.3, -0.25) is 0 Å². The monoisotopic (exact) mass is 200 g/mol. The van der Waals surface area contributed by atoms with E-state index in [1.165, 1.54) is 0 Å². The highest BCUT2D eigenvalue weighted by Crippen LogP contribution is 2.25. The normalized spacial score (nSPS) is 10.4. The lowest BCUT2D eigenvalue weighted by Crippen LogP contribution is -1.92. The second kappa shape index (κ2) is 9.16. The molecule has 5 nitrogen and oxygen atoms in total. The van der Waals surface area contributed by atoms with Crippen molar-refractivity contribution < 1.29 is 24.0 Å². The smallest absolute Gasteiger partial charge is 0.381 e. The summed E-state index contributed by atoms with van der Waals surface area (Å²) in [6.07, 6.45) is 2.28. The van der Waals surface area contributed by atoms with E-state index in [0.29, 0.717) is 0 Å². The molecule has 0 saturated carbocycles. The largest absolute Gasteiger partial charge is 0.466 e. The lowest BCUT2D eigenvalue weighted by Gasteiger charge is -1.95. The van der Waals surface area contributed by atoms with Crippen LogP contribution in [0, 0.1) is 0 Å². The first-order valence-electron chi connectivity index (χ1n) is 3.77. The Labute approximate surface area is 72.6 Å². The third-order valence-electron chi connectivity index (χ3n) is 0.697. The molecule has 0 atom stereocenters. The van der Waals surface area contributed by atoms with Gasteiger partial charge in [-0.05, 0) is 12.8 Å². The minimum atomic E-state index is -4.64. The molecule has 0 aromatic rings. The molecule has 0 aliphatic carbocycles. The average Bonchev–Trinajstić information content (AvgIpc) is 1.85. The minimum Gasteiger partial charge on any atom is -0.381 e. The van der Waals surface area contributed by atoms with E-state index in [0.717, 1.165) is 26.1 Å². The van der Waals surface area contributed by atoms with Crippen molar-refractivity contribution in [2.24, 2.45) is 0 Å². The Morgan fingerprint density at radius 1 is 1.08 bits per heavy atom. The van der Waals surface area contributed by atoms with Crippen molar-refractivity contribution in [3.8, 4) is 0 Å². The molecule has 0 aliphatic rings. The molecular formula is C6H17O5P. The Bertz CT molecular complexity index is 109. The number of rotatable bonds is 4. The summed E-state index contributed by atoms with van der Waals surface area (Å²) in [7, 11) is -4.64. The Kier molecular flexibility index (Phi) is 11.1. The standard InChI is InChI=1S/C6H14O.H3O4P/c1-3-5-7-6-4-2;1-5(2,3)4/h3-6H2,1-2H3;(H3,1,2,3,4). The van der Waals surface area contributed by atoms with Crippen LogP contribution in [0.1, 0.15) is 26.7 Å². The van der Waals surface area contributed by atoms with Crippen molar-refractivity contribution >= 4 is 7.82 Å². The van der Waals surface area contributed by atoms with Gasteiger partial charge in [0.15, 0.2) is 0 Å². The molecule has 0 spiro atoms. The summed E-state index contributed by atoms with van der Waals surface area (Å²) in [4.78, 5) is 21.6. The molecule has 0 bridgehead atoms. The average molecular weight is 200 g/mol. The second-order valence-electron chi connectivity index (χ2n) is 2.13. The van der Waals surface area contributed by atoms with Crippen LogP contribution in [-0.2, 0) is 9.30 Å². The fourth-order valence-corrected chi connectivity index (χ4v) is 0.391. The first-order valence-corrected chi connectivity index (χ1v) is 5.34. The van der Waals surface area contributed by atoms with E-state index >= 15 is 0 Å². The van der Waals surface area contributed by atoms with Crippen LogP contribution in [0.4, 0.5) is 0 Å². The Morgan fingerprint density at radius 3 is 1.50 bits per heavy atom. The number of hydrogen-bond acceptors (Lipinski definition) is 2. The molecule has 3 N–H and O–H groups in total. The van der Waals surface area contributed by atoms with E-state index in [4.69, 9.17) is 24.0 Å². The highest BCUT2D eigenvalue weighted by molar-refractivity contribution is 7.45. The van der Waals surface area contributed by atoms with Crippen molar-refractivity contribution in [2.45, 2.75) is 26.7 Å². The second-order valence-corrected chi connectivity index (χ2v) is 3.15. The maximum Gasteiger partial charge on any atom is 0.466 e. The van der Waals surface area contributed by atoms with Gasteiger partial charge >= 0.3 is 7.82 Å². The molecule has 76 valence electrons. The number of phosphoric acid groups is 1. The van der Waals surface area contributed by atoms with E-state index in [1.54, 1.807) is 0 Å². The van der Waals surface area contributed by atoms with Gasteiger partial charge in [0.05, 0.1) is 0 Å². The van der Waals surface area contributed by atoms with E-state index < -0.39 is 7.82 Å². The summed E-state index contributed by atoms with van der Waals surface area (Å²) in [5.74, 6) is 0. The van der Waals surface area contributed by atoms with Crippen LogP contribution in [0.5, 0.6) is 0 Å². The predicted octanol–water partition coefficient (Wildman–Crippen LogP) is 0.894. The highest BCUT2D eigenvalue weighted by atomic mass is 31.2. The van der Waals surface area contributed by atoms with Gasteiger partial charge in [0.2, 0.25) is 0 Å². The summed E-state index contributed by atoms with van der Waals surface area (Å²) in [6, 6.07) is 0. The van der Waals surface area contributed by atoms with Crippen molar-refractivity contribution in [2.75, 3.05) is 13.2 Å². The quantitative estimate of drug-likeness (QED) is 0.463. The van der Waals surface area contributed by atoms with Crippen molar-refractivity contribution in [1.29, 1.82) is 0 Å². The molecule has 0 unspecified atom stereocenters. The third kappa shape index (κ3) is 50.0. The van der Waals surface area contributed by atoms with E-state index in [2.05, 4.69) is 13.8 Å². The van der Waals surface area contributed by atoms with Gasteiger partial charge < -0.3 is 19.4 Å². The van der Waals surface area contributed by atoms with Gasteiger partial charge in [0, 0.05) is 13.2 Å². The van der Waals surface area contributed by atoms with Crippen molar-refractivity contribution in [1.82, 2.24) is 0 Å². The fourth-order valence-electron chi connectivity index (χ4n) is 0.391. The van der Waals surface area contributed by atoms with Gasteiger partial charge in [-0.2, -0.15) is 0 Å². The minimum absolute atomic E-state index is 0.924. The molecule has 0 amide bonds. The van der Waals surface area contributed by atoms with Gasteiger partial charge in [-0.1, -0.05) is 13.8 Å². The molecule has 12 heavy (non-hydrogen) atoms. The highest BCUT2D eigenvalue weighted by Gasteiger charge is 2.00. The van der Waals surface area contributed by atoms with Crippen LogP contribution < -0.4 is 0 Å². The first-order chi connectivity index (χ1) is 5.41. The van der Waals surface area contributed by atoms with E-state index in [-0.39, 0.29) is 0 Å². The molecule has 6 heteroatoms. The van der Waals surface area contributed by atoms with E-state index in [9.17, 15) is 0 Å². The molecule has 0 aliphatic heterocycles. The zero-order valence-corrected chi connectivity index (χ0v) is 8.33. The number of ether oxygens (including phenoxy) is 1. The summed E-state index contributed by atoms with van der Waals surface area (Å²) in [5.41, 5.74) is 0. The van der Waals surface area contributed by atoms with Crippen LogP contribution >= 0.6 is 7.82 Å². The van der Waals surface area contributed by atoms with Crippen LogP contribution in [0.25, 0.3) is 0 Å². The Hall–Kier alpha value is 0.0700. The fraction of sp³-hybridized carbons (Fsp3) is 1.00. The molecule has 0 aromatic carbocycles. The van der Waals surface area contributed by atoms with Crippen LogP contribution in [0.15, 0.2) is 0 Å². The van der Waals surface area contributed by atoms with Crippen molar-refractivity contribution in [3.63, 3.8) is 0 Å². The summed E-state index contributed by atoms with van der Waals surface area (Å²) in [5, 5.41) is 0. The SMILES string of the molecule is CCCOCCC.O=P(O)(O)O. The zero-order chi connectivity index (χ0) is 10.0. The van der Waals surface area contributed by atoms with Crippen LogP contribution in [0.3, 0.4) is 0 Å². The summed E-state index contributed by atoms with van der Waals surface area (Å²) in [6.45, 7) is 6.09. The molecule has 0 saturated heterocycles. The molecular weight excluding hydrogens is 183 g/mol. The predicted molar refractivity (Wildman–Crippen MR) is 45.7 cm³/mol. The topological polar surface area (TPSA) is 87.0 Å². The summed E-state index contributed by atoms with van der Waals surface area (Å²) < 4.78 is 14.0. The van der Waals surface area contributed by atoms with Gasteiger partial charge in [-0.25, -0.2) is 4.57 Å².